The van der Waals surface area contributed by atoms with E-state index in [4.69, 9.17) is 10.8 Å². The first-order chi connectivity index (χ1) is 7.50. The third-order valence-electron chi connectivity index (χ3n) is 3.04. The van der Waals surface area contributed by atoms with Crippen molar-refractivity contribution in [2.45, 2.75) is 38.6 Å². The lowest BCUT2D eigenvalue weighted by molar-refractivity contribution is -0.142. The highest BCUT2D eigenvalue weighted by Gasteiger charge is 2.24. The average molecular weight is 228 g/mol. The third kappa shape index (κ3) is 3.81. The van der Waals surface area contributed by atoms with E-state index in [0.717, 1.165) is 19.3 Å². The Kier molecular flexibility index (Phi) is 4.73. The average Bonchev–Trinajstić information content (AvgIpc) is 2.41. The lowest BCUT2D eigenvalue weighted by Crippen LogP contribution is -2.45. The minimum atomic E-state index is -1.02. The smallest absolute Gasteiger partial charge is 0.305 e. The zero-order valence-electron chi connectivity index (χ0n) is 9.69. The highest BCUT2D eigenvalue weighted by atomic mass is 16.4. The maximum absolute atomic E-state index is 11.8. The number of carbonyl (C=O) groups excluding carboxylic acids is 1. The van der Waals surface area contributed by atoms with E-state index in [0.29, 0.717) is 19.0 Å². The van der Waals surface area contributed by atoms with Gasteiger partial charge in [-0.3, -0.25) is 9.59 Å². The Bertz CT molecular complexity index is 268. The summed E-state index contributed by atoms with van der Waals surface area (Å²) in [4.78, 5) is 24.0. The Morgan fingerprint density at radius 2 is 2.12 bits per heavy atom. The van der Waals surface area contributed by atoms with Crippen molar-refractivity contribution in [2.24, 2.45) is 11.7 Å². The van der Waals surface area contributed by atoms with E-state index in [9.17, 15) is 9.59 Å². The van der Waals surface area contributed by atoms with E-state index in [2.05, 4.69) is 6.92 Å². The van der Waals surface area contributed by atoms with Gasteiger partial charge in [0.15, 0.2) is 0 Å². The molecule has 0 aromatic heterocycles. The van der Waals surface area contributed by atoms with Crippen LogP contribution in [0.2, 0.25) is 0 Å². The van der Waals surface area contributed by atoms with E-state index in [1.807, 2.05) is 0 Å². The van der Waals surface area contributed by atoms with Crippen LogP contribution in [-0.2, 0) is 9.59 Å². The molecule has 0 aliphatic carbocycles. The van der Waals surface area contributed by atoms with Crippen molar-refractivity contribution in [3.05, 3.63) is 0 Å². The molecule has 0 aromatic carbocycles. The predicted octanol–water partition coefficient (Wildman–Crippen LogP) is 0.437. The van der Waals surface area contributed by atoms with Gasteiger partial charge in [-0.05, 0) is 25.2 Å². The number of hydrogen-bond acceptors (Lipinski definition) is 3. The number of carbonyl (C=O) groups is 2. The van der Waals surface area contributed by atoms with Crippen LogP contribution in [0.1, 0.15) is 32.6 Å². The first kappa shape index (κ1) is 13.0. The molecule has 16 heavy (non-hydrogen) atoms. The van der Waals surface area contributed by atoms with E-state index in [1.165, 1.54) is 0 Å². The van der Waals surface area contributed by atoms with Crippen LogP contribution in [0.4, 0.5) is 0 Å². The molecule has 0 spiro atoms. The molecule has 1 heterocycles. The lowest BCUT2D eigenvalue weighted by atomic mass is 10.0. The Labute approximate surface area is 95.6 Å². The molecule has 1 rings (SSSR count). The summed E-state index contributed by atoms with van der Waals surface area (Å²) < 4.78 is 0. The van der Waals surface area contributed by atoms with Crippen LogP contribution in [0.5, 0.6) is 0 Å². The van der Waals surface area contributed by atoms with E-state index in [-0.39, 0.29) is 12.3 Å². The molecule has 1 aliphatic heterocycles. The van der Waals surface area contributed by atoms with Crippen molar-refractivity contribution in [1.82, 2.24) is 4.90 Å². The predicted molar refractivity (Wildman–Crippen MR) is 59.8 cm³/mol. The minimum Gasteiger partial charge on any atom is -0.481 e. The van der Waals surface area contributed by atoms with Gasteiger partial charge in [0, 0.05) is 13.1 Å². The zero-order chi connectivity index (χ0) is 12.1. The normalized spacial score (nSPS) is 23.6. The molecule has 0 aromatic rings. The molecule has 1 fully saturated rings. The molecule has 0 radical (unpaired) electrons. The van der Waals surface area contributed by atoms with Crippen LogP contribution in [-0.4, -0.2) is 41.0 Å². The number of nitrogens with zero attached hydrogens (tertiary/aromatic N) is 1. The number of likely N-dealkylation sites (tertiary alicyclic amines) is 1. The lowest BCUT2D eigenvalue weighted by Gasteiger charge is -2.23. The van der Waals surface area contributed by atoms with Crippen molar-refractivity contribution >= 4 is 11.9 Å². The molecule has 1 aliphatic rings. The zero-order valence-corrected chi connectivity index (χ0v) is 9.69. The summed E-state index contributed by atoms with van der Waals surface area (Å²) in [5.41, 5.74) is 5.56. The van der Waals surface area contributed by atoms with Crippen molar-refractivity contribution in [2.75, 3.05) is 13.1 Å². The molecule has 2 unspecified atom stereocenters. The van der Waals surface area contributed by atoms with Crippen molar-refractivity contribution in [3.63, 3.8) is 0 Å². The maximum atomic E-state index is 11.8. The van der Waals surface area contributed by atoms with Gasteiger partial charge < -0.3 is 15.7 Å². The fourth-order valence-electron chi connectivity index (χ4n) is 1.99. The molecule has 0 bridgehead atoms. The van der Waals surface area contributed by atoms with Gasteiger partial charge in [0.25, 0.3) is 0 Å². The van der Waals surface area contributed by atoms with Crippen LogP contribution in [0.15, 0.2) is 0 Å². The van der Waals surface area contributed by atoms with Crippen molar-refractivity contribution < 1.29 is 14.7 Å². The third-order valence-corrected chi connectivity index (χ3v) is 3.04. The molecular weight excluding hydrogens is 208 g/mol. The second-order valence-corrected chi connectivity index (χ2v) is 4.57. The SMILES string of the molecule is CC1CCCN(C(=O)C(N)CC(=O)O)CC1. The fraction of sp³-hybridized carbons (Fsp3) is 0.818. The van der Waals surface area contributed by atoms with Gasteiger partial charge in [0.05, 0.1) is 12.5 Å². The summed E-state index contributed by atoms with van der Waals surface area (Å²) in [6.45, 7) is 3.58. The molecule has 92 valence electrons. The second-order valence-electron chi connectivity index (χ2n) is 4.57. The number of aliphatic carboxylic acids is 1. The Hall–Kier alpha value is -1.10. The quantitative estimate of drug-likeness (QED) is 0.734. The van der Waals surface area contributed by atoms with Gasteiger partial charge in [0.1, 0.15) is 0 Å². The number of hydrogen-bond donors (Lipinski definition) is 2. The monoisotopic (exact) mass is 228 g/mol. The molecular formula is C11H20N2O3. The van der Waals surface area contributed by atoms with Crippen LogP contribution in [0.25, 0.3) is 0 Å². The Morgan fingerprint density at radius 3 is 2.75 bits per heavy atom. The Balaban J connectivity index is 2.49. The minimum absolute atomic E-state index is 0.225. The molecule has 3 N–H and O–H groups in total. The van der Waals surface area contributed by atoms with E-state index in [1.54, 1.807) is 4.90 Å². The summed E-state index contributed by atoms with van der Waals surface area (Å²) in [6.07, 6.45) is 2.79. The Morgan fingerprint density at radius 1 is 1.44 bits per heavy atom. The van der Waals surface area contributed by atoms with Crippen LogP contribution in [0, 0.1) is 5.92 Å². The molecule has 0 saturated carbocycles. The van der Waals surface area contributed by atoms with Gasteiger partial charge >= 0.3 is 5.97 Å². The number of rotatable bonds is 3. The topological polar surface area (TPSA) is 83.6 Å². The largest absolute Gasteiger partial charge is 0.481 e. The number of amides is 1. The number of carboxylic acid groups (broad SMARTS) is 1. The van der Waals surface area contributed by atoms with Gasteiger partial charge in [-0.2, -0.15) is 0 Å². The molecule has 5 nitrogen and oxygen atoms in total. The summed E-state index contributed by atoms with van der Waals surface area (Å²) in [6, 6.07) is -0.897. The molecule has 1 amide bonds. The number of nitrogens with two attached hydrogens (primary N) is 1. The van der Waals surface area contributed by atoms with Crippen molar-refractivity contribution in [1.29, 1.82) is 0 Å². The van der Waals surface area contributed by atoms with Gasteiger partial charge in [-0.15, -0.1) is 0 Å². The molecule has 5 heteroatoms. The molecule has 2 atom stereocenters. The van der Waals surface area contributed by atoms with Crippen LogP contribution in [0.3, 0.4) is 0 Å². The highest BCUT2D eigenvalue weighted by molar-refractivity contribution is 5.85. The van der Waals surface area contributed by atoms with E-state index < -0.39 is 12.0 Å². The van der Waals surface area contributed by atoms with Gasteiger partial charge in [0.2, 0.25) is 5.91 Å². The summed E-state index contributed by atoms with van der Waals surface area (Å²) in [5.74, 6) is -0.617. The molecule has 1 saturated heterocycles. The van der Waals surface area contributed by atoms with Gasteiger partial charge in [-0.25, -0.2) is 0 Å². The van der Waals surface area contributed by atoms with Crippen molar-refractivity contribution in [3.8, 4) is 0 Å². The standard InChI is InChI=1S/C11H20N2O3/c1-8-3-2-5-13(6-4-8)11(16)9(12)7-10(14)15/h8-9H,2-7,12H2,1H3,(H,14,15). The van der Waals surface area contributed by atoms with E-state index >= 15 is 0 Å². The highest BCUT2D eigenvalue weighted by Crippen LogP contribution is 2.17. The van der Waals surface area contributed by atoms with Crippen LogP contribution < -0.4 is 5.73 Å². The van der Waals surface area contributed by atoms with Crippen LogP contribution >= 0.6 is 0 Å². The summed E-state index contributed by atoms with van der Waals surface area (Å²) >= 11 is 0. The van der Waals surface area contributed by atoms with Gasteiger partial charge in [-0.1, -0.05) is 6.92 Å². The maximum Gasteiger partial charge on any atom is 0.305 e. The first-order valence-corrected chi connectivity index (χ1v) is 5.77. The fourth-order valence-corrected chi connectivity index (χ4v) is 1.99. The first-order valence-electron chi connectivity index (χ1n) is 5.77. The summed E-state index contributed by atoms with van der Waals surface area (Å²) in [7, 11) is 0. The second kappa shape index (κ2) is 5.84. The summed E-state index contributed by atoms with van der Waals surface area (Å²) in [5, 5.41) is 8.58. The number of carboxylic acids is 1.